The van der Waals surface area contributed by atoms with Gasteiger partial charge in [-0.15, -0.1) is 0 Å². The highest BCUT2D eigenvalue weighted by atomic mass is 16.4. The number of nitrogens with one attached hydrogen (secondary N) is 1. The average Bonchev–Trinajstić information content (AvgIpc) is 2.64. The molecule has 1 rings (SSSR count). The molecule has 0 spiro atoms. The first-order chi connectivity index (χ1) is 10.1. The van der Waals surface area contributed by atoms with E-state index in [2.05, 4.69) is 10.4 Å². The van der Waals surface area contributed by atoms with Crippen LogP contribution < -0.4 is 5.32 Å². The van der Waals surface area contributed by atoms with Gasteiger partial charge in [-0.2, -0.15) is 5.10 Å². The third-order valence-corrected chi connectivity index (χ3v) is 4.36. The van der Waals surface area contributed by atoms with E-state index in [-0.39, 0.29) is 18.2 Å². The zero-order valence-corrected chi connectivity index (χ0v) is 14.4. The van der Waals surface area contributed by atoms with Crippen molar-refractivity contribution in [1.82, 2.24) is 15.1 Å². The molecule has 0 aliphatic rings. The lowest BCUT2D eigenvalue weighted by atomic mass is 9.92. The molecule has 0 saturated carbocycles. The predicted molar refractivity (Wildman–Crippen MR) is 84.6 cm³/mol. The first-order valence-corrected chi connectivity index (χ1v) is 7.62. The van der Waals surface area contributed by atoms with Crippen LogP contribution in [0.2, 0.25) is 0 Å². The summed E-state index contributed by atoms with van der Waals surface area (Å²) in [6.07, 6.45) is 1.10. The van der Waals surface area contributed by atoms with E-state index in [1.807, 2.05) is 39.4 Å². The number of carboxylic acids is 1. The van der Waals surface area contributed by atoms with Gasteiger partial charge in [-0.25, -0.2) is 0 Å². The van der Waals surface area contributed by atoms with E-state index in [4.69, 9.17) is 5.11 Å². The molecular weight excluding hydrogens is 282 g/mol. The minimum atomic E-state index is -0.906. The topological polar surface area (TPSA) is 84.2 Å². The number of nitrogens with zero attached hydrogens (tertiary/aromatic N) is 2. The lowest BCUT2D eigenvalue weighted by Gasteiger charge is -2.29. The fourth-order valence-corrected chi connectivity index (χ4v) is 2.52. The summed E-state index contributed by atoms with van der Waals surface area (Å²) in [4.78, 5) is 23.3. The Kier molecular flexibility index (Phi) is 5.74. The van der Waals surface area contributed by atoms with Crippen LogP contribution in [0.1, 0.15) is 50.6 Å². The summed E-state index contributed by atoms with van der Waals surface area (Å²) in [5, 5.41) is 16.2. The van der Waals surface area contributed by atoms with E-state index >= 15 is 0 Å². The summed E-state index contributed by atoms with van der Waals surface area (Å²) in [5.41, 5.74) is 2.36. The molecule has 22 heavy (non-hydrogen) atoms. The Bertz CT molecular complexity index is 565. The maximum absolute atomic E-state index is 12.4. The number of carboxylic acid groups (broad SMARTS) is 1. The zero-order chi connectivity index (χ0) is 17.1. The number of hydrogen-bond donors (Lipinski definition) is 2. The Balaban J connectivity index is 2.78. The normalized spacial score (nSPS) is 15.2. The maximum atomic E-state index is 12.4. The van der Waals surface area contributed by atoms with Gasteiger partial charge in [0.15, 0.2) is 0 Å². The van der Waals surface area contributed by atoms with Gasteiger partial charge in [-0.3, -0.25) is 14.3 Å². The van der Waals surface area contributed by atoms with Crippen molar-refractivity contribution in [2.75, 3.05) is 0 Å². The molecule has 1 heterocycles. The molecule has 1 aromatic heterocycles. The number of hydrogen-bond acceptors (Lipinski definition) is 3. The number of carbonyl (C=O) groups is 2. The highest BCUT2D eigenvalue weighted by Crippen LogP contribution is 2.19. The molecular formula is C16H27N3O3. The zero-order valence-electron chi connectivity index (χ0n) is 14.4. The molecule has 0 unspecified atom stereocenters. The van der Waals surface area contributed by atoms with Crippen LogP contribution in [0.5, 0.6) is 0 Å². The summed E-state index contributed by atoms with van der Waals surface area (Å²) in [6, 6.07) is 0. The second-order valence-corrected chi connectivity index (χ2v) is 6.35. The molecule has 124 valence electrons. The molecule has 6 heteroatoms. The van der Waals surface area contributed by atoms with Crippen molar-refractivity contribution >= 4 is 11.9 Å². The SMILES string of the molecule is CC[C@@](C)(CC(=O)O)NC(=O)[C@H](C)Cc1c(C)nn(C)c1C. The maximum Gasteiger partial charge on any atom is 0.305 e. The molecule has 0 aromatic carbocycles. The third kappa shape index (κ3) is 4.32. The number of carbonyl (C=O) groups excluding carboxylic acids is 1. The Morgan fingerprint density at radius 3 is 2.41 bits per heavy atom. The Morgan fingerprint density at radius 1 is 1.41 bits per heavy atom. The summed E-state index contributed by atoms with van der Waals surface area (Å²) >= 11 is 0. The summed E-state index contributed by atoms with van der Waals surface area (Å²) < 4.78 is 1.82. The van der Waals surface area contributed by atoms with Crippen molar-refractivity contribution in [1.29, 1.82) is 0 Å². The average molecular weight is 309 g/mol. The molecule has 1 amide bonds. The minimum absolute atomic E-state index is 0.0765. The van der Waals surface area contributed by atoms with Gasteiger partial charge in [-0.1, -0.05) is 13.8 Å². The number of aromatic nitrogens is 2. The standard InChI is InChI=1S/C16H27N3O3/c1-7-16(5,9-14(20)21)17-15(22)10(2)8-13-11(3)18-19(6)12(13)4/h10H,7-9H2,1-6H3,(H,17,22)(H,20,21)/t10-,16+/m1/s1. The van der Waals surface area contributed by atoms with Crippen molar-refractivity contribution in [2.45, 2.75) is 59.4 Å². The van der Waals surface area contributed by atoms with Crippen LogP contribution >= 0.6 is 0 Å². The highest BCUT2D eigenvalue weighted by molar-refractivity contribution is 5.80. The smallest absolute Gasteiger partial charge is 0.305 e. The summed E-state index contributed by atoms with van der Waals surface area (Å²) in [7, 11) is 1.89. The van der Waals surface area contributed by atoms with Crippen molar-refractivity contribution < 1.29 is 14.7 Å². The van der Waals surface area contributed by atoms with Gasteiger partial charge in [0.1, 0.15) is 0 Å². The number of aryl methyl sites for hydroxylation is 2. The molecule has 0 aliphatic heterocycles. The fourth-order valence-electron chi connectivity index (χ4n) is 2.52. The number of aliphatic carboxylic acids is 1. The fraction of sp³-hybridized carbons (Fsp3) is 0.688. The minimum Gasteiger partial charge on any atom is -0.481 e. The van der Waals surface area contributed by atoms with E-state index in [9.17, 15) is 9.59 Å². The van der Waals surface area contributed by atoms with Crippen molar-refractivity contribution in [2.24, 2.45) is 13.0 Å². The van der Waals surface area contributed by atoms with E-state index in [1.54, 1.807) is 6.92 Å². The van der Waals surface area contributed by atoms with Gasteiger partial charge in [0.05, 0.1) is 12.1 Å². The van der Waals surface area contributed by atoms with Gasteiger partial charge in [0.2, 0.25) is 5.91 Å². The Morgan fingerprint density at radius 2 is 2.00 bits per heavy atom. The van der Waals surface area contributed by atoms with Crippen LogP contribution in [0, 0.1) is 19.8 Å². The molecule has 0 fully saturated rings. The first-order valence-electron chi connectivity index (χ1n) is 7.62. The Hall–Kier alpha value is -1.85. The van der Waals surface area contributed by atoms with Crippen molar-refractivity contribution in [3.8, 4) is 0 Å². The number of rotatable bonds is 7. The largest absolute Gasteiger partial charge is 0.481 e. The molecule has 0 saturated heterocycles. The van der Waals surface area contributed by atoms with E-state index < -0.39 is 11.5 Å². The second-order valence-electron chi connectivity index (χ2n) is 6.35. The summed E-state index contributed by atoms with van der Waals surface area (Å²) in [6.45, 7) is 9.43. The van der Waals surface area contributed by atoms with E-state index in [1.165, 1.54) is 0 Å². The quantitative estimate of drug-likeness (QED) is 0.806. The predicted octanol–water partition coefficient (Wildman–Crippen LogP) is 1.98. The molecule has 2 atom stereocenters. The van der Waals surface area contributed by atoms with Gasteiger partial charge >= 0.3 is 5.97 Å². The van der Waals surface area contributed by atoms with E-state index in [0.29, 0.717) is 12.8 Å². The lowest BCUT2D eigenvalue weighted by Crippen LogP contribution is -2.49. The van der Waals surface area contributed by atoms with Crippen LogP contribution in [0.3, 0.4) is 0 Å². The number of amides is 1. The molecule has 2 N–H and O–H groups in total. The van der Waals surface area contributed by atoms with Gasteiger partial charge in [-0.05, 0) is 39.2 Å². The Labute approximate surface area is 131 Å². The van der Waals surface area contributed by atoms with Gasteiger partial charge in [0.25, 0.3) is 0 Å². The van der Waals surface area contributed by atoms with Crippen LogP contribution in [0.15, 0.2) is 0 Å². The van der Waals surface area contributed by atoms with Crippen LogP contribution in [-0.2, 0) is 23.1 Å². The molecule has 0 radical (unpaired) electrons. The second kappa shape index (κ2) is 6.94. The van der Waals surface area contributed by atoms with Gasteiger partial charge < -0.3 is 10.4 Å². The molecule has 6 nitrogen and oxygen atoms in total. The van der Waals surface area contributed by atoms with Gasteiger partial charge in [0, 0.05) is 24.2 Å². The van der Waals surface area contributed by atoms with Crippen LogP contribution in [0.4, 0.5) is 0 Å². The third-order valence-electron chi connectivity index (χ3n) is 4.36. The first kappa shape index (κ1) is 18.2. The highest BCUT2D eigenvalue weighted by Gasteiger charge is 2.29. The monoisotopic (exact) mass is 309 g/mol. The van der Waals surface area contributed by atoms with Crippen molar-refractivity contribution in [3.63, 3.8) is 0 Å². The molecule has 1 aromatic rings. The molecule has 0 aliphatic carbocycles. The lowest BCUT2D eigenvalue weighted by molar-refractivity contribution is -0.139. The van der Waals surface area contributed by atoms with Crippen molar-refractivity contribution in [3.05, 3.63) is 17.0 Å². The van der Waals surface area contributed by atoms with Crippen LogP contribution in [0.25, 0.3) is 0 Å². The van der Waals surface area contributed by atoms with Crippen LogP contribution in [-0.4, -0.2) is 32.3 Å². The molecule has 0 bridgehead atoms. The van der Waals surface area contributed by atoms with E-state index in [0.717, 1.165) is 17.0 Å². The summed E-state index contributed by atoms with van der Waals surface area (Å²) in [5.74, 6) is -1.26.